The molecule has 0 aromatic heterocycles. The fourth-order valence-electron chi connectivity index (χ4n) is 3.26. The van der Waals surface area contributed by atoms with Crippen molar-refractivity contribution < 1.29 is 9.47 Å². The highest BCUT2D eigenvalue weighted by atomic mass is 127. The molecule has 0 spiro atoms. The number of nitrogens with one attached hydrogen (secondary N) is 2. The highest BCUT2D eigenvalue weighted by Gasteiger charge is 2.28. The summed E-state index contributed by atoms with van der Waals surface area (Å²) in [5.41, 5.74) is 1.21. The molecule has 2 aliphatic rings. The SMILES string of the molecule is CN=C(NCc1ccccc1OCC1CC1)NCC(C)(C)N1CCOCC1.I. The zero-order chi connectivity index (χ0) is 19.1. The minimum absolute atomic E-state index is 0. The molecular formula is C21H35IN4O2. The Bertz CT molecular complexity index is 629. The van der Waals surface area contributed by atoms with E-state index >= 15 is 0 Å². The van der Waals surface area contributed by atoms with Gasteiger partial charge in [-0.15, -0.1) is 24.0 Å². The molecule has 28 heavy (non-hydrogen) atoms. The van der Waals surface area contributed by atoms with Gasteiger partial charge in [-0.2, -0.15) is 0 Å². The second-order valence-corrected chi connectivity index (χ2v) is 8.05. The van der Waals surface area contributed by atoms with Crippen LogP contribution >= 0.6 is 24.0 Å². The lowest BCUT2D eigenvalue weighted by molar-refractivity contribution is -0.00834. The zero-order valence-corrected chi connectivity index (χ0v) is 19.7. The third kappa shape index (κ3) is 7.08. The molecule has 2 N–H and O–H groups in total. The normalized spacial score (nSPS) is 18.3. The summed E-state index contributed by atoms with van der Waals surface area (Å²) >= 11 is 0. The van der Waals surface area contributed by atoms with Gasteiger partial charge in [0.1, 0.15) is 5.75 Å². The van der Waals surface area contributed by atoms with Crippen molar-refractivity contribution in [2.24, 2.45) is 10.9 Å². The maximum Gasteiger partial charge on any atom is 0.191 e. The van der Waals surface area contributed by atoms with Gasteiger partial charge >= 0.3 is 0 Å². The molecule has 3 rings (SSSR count). The first-order valence-electron chi connectivity index (χ1n) is 10.1. The summed E-state index contributed by atoms with van der Waals surface area (Å²) in [6, 6.07) is 8.25. The van der Waals surface area contributed by atoms with Crippen molar-refractivity contribution in [2.45, 2.75) is 38.8 Å². The monoisotopic (exact) mass is 502 g/mol. The van der Waals surface area contributed by atoms with Crippen LogP contribution in [-0.4, -0.2) is 62.9 Å². The van der Waals surface area contributed by atoms with Crippen molar-refractivity contribution in [3.05, 3.63) is 29.8 Å². The van der Waals surface area contributed by atoms with Crippen LogP contribution in [0, 0.1) is 5.92 Å². The lowest BCUT2D eigenvalue weighted by atomic mass is 10.0. The lowest BCUT2D eigenvalue weighted by Gasteiger charge is -2.41. The molecule has 1 aliphatic heterocycles. The highest BCUT2D eigenvalue weighted by Crippen LogP contribution is 2.30. The van der Waals surface area contributed by atoms with Crippen LogP contribution in [0.25, 0.3) is 0 Å². The van der Waals surface area contributed by atoms with E-state index in [1.807, 2.05) is 13.1 Å². The molecule has 2 fully saturated rings. The number of hydrogen-bond donors (Lipinski definition) is 2. The minimum Gasteiger partial charge on any atom is -0.493 e. The first-order chi connectivity index (χ1) is 13.1. The number of benzene rings is 1. The number of para-hydroxylation sites is 1. The van der Waals surface area contributed by atoms with E-state index in [-0.39, 0.29) is 29.5 Å². The van der Waals surface area contributed by atoms with Gasteiger partial charge in [0.2, 0.25) is 0 Å². The number of nitrogens with zero attached hydrogens (tertiary/aromatic N) is 2. The molecule has 1 aromatic carbocycles. The lowest BCUT2D eigenvalue weighted by Crippen LogP contribution is -2.56. The fraction of sp³-hybridized carbons (Fsp3) is 0.667. The Kier molecular flexibility index (Phi) is 9.30. The van der Waals surface area contributed by atoms with Crippen LogP contribution in [0.1, 0.15) is 32.3 Å². The Balaban J connectivity index is 0.00000280. The van der Waals surface area contributed by atoms with E-state index in [1.165, 1.54) is 12.8 Å². The van der Waals surface area contributed by atoms with Crippen LogP contribution in [0.2, 0.25) is 0 Å². The average Bonchev–Trinajstić information content (AvgIpc) is 3.52. The molecule has 1 aliphatic carbocycles. The number of rotatable bonds is 8. The van der Waals surface area contributed by atoms with Gasteiger partial charge in [0.05, 0.1) is 19.8 Å². The summed E-state index contributed by atoms with van der Waals surface area (Å²) in [7, 11) is 1.81. The van der Waals surface area contributed by atoms with Gasteiger partial charge in [0, 0.05) is 44.3 Å². The van der Waals surface area contributed by atoms with Gasteiger partial charge in [0.15, 0.2) is 5.96 Å². The van der Waals surface area contributed by atoms with E-state index in [1.54, 1.807) is 0 Å². The van der Waals surface area contributed by atoms with E-state index in [2.05, 4.69) is 52.6 Å². The number of halogens is 1. The Labute approximate surface area is 186 Å². The molecule has 0 radical (unpaired) electrons. The molecule has 158 valence electrons. The van der Waals surface area contributed by atoms with Gasteiger partial charge < -0.3 is 20.1 Å². The number of aliphatic imine (C=N–C) groups is 1. The standard InChI is InChI=1S/C21H34N4O2.HI/c1-21(2,25-10-12-26-13-11-25)16-24-20(22-3)23-14-18-6-4-5-7-19(18)27-15-17-8-9-17;/h4-7,17H,8-16H2,1-3H3,(H2,22,23,24);1H. The Morgan fingerprint density at radius 1 is 1.21 bits per heavy atom. The fourth-order valence-corrected chi connectivity index (χ4v) is 3.26. The van der Waals surface area contributed by atoms with Gasteiger partial charge in [-0.05, 0) is 38.7 Å². The molecule has 0 unspecified atom stereocenters. The molecule has 0 bridgehead atoms. The maximum atomic E-state index is 6.00. The van der Waals surface area contributed by atoms with Crippen LogP contribution in [-0.2, 0) is 11.3 Å². The maximum absolute atomic E-state index is 6.00. The van der Waals surface area contributed by atoms with E-state index in [4.69, 9.17) is 9.47 Å². The third-order valence-corrected chi connectivity index (χ3v) is 5.37. The van der Waals surface area contributed by atoms with E-state index in [9.17, 15) is 0 Å². The van der Waals surface area contributed by atoms with Crippen LogP contribution in [0.15, 0.2) is 29.3 Å². The van der Waals surface area contributed by atoms with Gasteiger partial charge in [0.25, 0.3) is 0 Å². The molecule has 1 saturated carbocycles. The summed E-state index contributed by atoms with van der Waals surface area (Å²) in [5.74, 6) is 2.54. The number of guanidine groups is 1. The molecule has 1 saturated heterocycles. The summed E-state index contributed by atoms with van der Waals surface area (Å²) in [5, 5.41) is 6.89. The van der Waals surface area contributed by atoms with Gasteiger partial charge in [-0.3, -0.25) is 9.89 Å². The summed E-state index contributed by atoms with van der Waals surface area (Å²) < 4.78 is 11.5. The molecule has 1 heterocycles. The summed E-state index contributed by atoms with van der Waals surface area (Å²) in [6.45, 7) is 10.5. The molecule has 6 nitrogen and oxygen atoms in total. The zero-order valence-electron chi connectivity index (χ0n) is 17.4. The van der Waals surface area contributed by atoms with Crippen molar-refractivity contribution in [3.63, 3.8) is 0 Å². The van der Waals surface area contributed by atoms with E-state index in [0.29, 0.717) is 6.54 Å². The van der Waals surface area contributed by atoms with Crippen LogP contribution < -0.4 is 15.4 Å². The second-order valence-electron chi connectivity index (χ2n) is 8.05. The average molecular weight is 502 g/mol. The van der Waals surface area contributed by atoms with Crippen molar-refractivity contribution >= 4 is 29.9 Å². The third-order valence-electron chi connectivity index (χ3n) is 5.37. The molecule has 7 heteroatoms. The van der Waals surface area contributed by atoms with Crippen molar-refractivity contribution in [3.8, 4) is 5.75 Å². The summed E-state index contributed by atoms with van der Waals surface area (Å²) in [6.07, 6.45) is 2.60. The molecular weight excluding hydrogens is 467 g/mol. The molecule has 1 aromatic rings. The molecule has 0 atom stereocenters. The van der Waals surface area contributed by atoms with Gasteiger partial charge in [-0.1, -0.05) is 18.2 Å². The minimum atomic E-state index is 0. The largest absolute Gasteiger partial charge is 0.493 e. The Hall–Kier alpha value is -1.06. The Morgan fingerprint density at radius 3 is 2.61 bits per heavy atom. The second kappa shape index (κ2) is 11.2. The first-order valence-corrected chi connectivity index (χ1v) is 10.1. The van der Waals surface area contributed by atoms with Crippen molar-refractivity contribution in [2.75, 3.05) is 46.5 Å². The highest BCUT2D eigenvalue weighted by molar-refractivity contribution is 14.0. The predicted octanol–water partition coefficient (Wildman–Crippen LogP) is 2.87. The summed E-state index contributed by atoms with van der Waals surface area (Å²) in [4.78, 5) is 6.85. The number of ether oxygens (including phenoxy) is 2. The van der Waals surface area contributed by atoms with E-state index < -0.39 is 0 Å². The van der Waals surface area contributed by atoms with Crippen molar-refractivity contribution in [1.82, 2.24) is 15.5 Å². The van der Waals surface area contributed by atoms with Crippen molar-refractivity contribution in [1.29, 1.82) is 0 Å². The number of hydrogen-bond acceptors (Lipinski definition) is 4. The van der Waals surface area contributed by atoms with Crippen LogP contribution in [0.4, 0.5) is 0 Å². The van der Waals surface area contributed by atoms with E-state index in [0.717, 1.165) is 62.6 Å². The Morgan fingerprint density at radius 2 is 1.93 bits per heavy atom. The predicted molar refractivity (Wildman–Crippen MR) is 125 cm³/mol. The first kappa shape index (κ1) is 23.2. The van der Waals surface area contributed by atoms with Gasteiger partial charge in [-0.25, -0.2) is 0 Å². The smallest absolute Gasteiger partial charge is 0.191 e. The van der Waals surface area contributed by atoms with Crippen LogP contribution in [0.3, 0.4) is 0 Å². The topological polar surface area (TPSA) is 58.1 Å². The molecule has 0 amide bonds. The quantitative estimate of drug-likeness (QED) is 0.326. The van der Waals surface area contributed by atoms with Crippen LogP contribution in [0.5, 0.6) is 5.75 Å². The number of morpholine rings is 1.